The highest BCUT2D eigenvalue weighted by Gasteiger charge is 2.24. The lowest BCUT2D eigenvalue weighted by Crippen LogP contribution is -2.30. The number of benzene rings is 2. The molecular weight excluding hydrogens is 384 g/mol. The molecule has 1 amide bonds. The van der Waals surface area contributed by atoms with Crippen molar-refractivity contribution in [2.45, 2.75) is 27.3 Å². The molecular formula is C23H22N2O3S. The van der Waals surface area contributed by atoms with E-state index in [4.69, 9.17) is 14.1 Å². The van der Waals surface area contributed by atoms with E-state index in [2.05, 4.69) is 0 Å². The fourth-order valence-corrected chi connectivity index (χ4v) is 4.26. The molecule has 5 nitrogen and oxygen atoms in total. The summed E-state index contributed by atoms with van der Waals surface area (Å²) in [4.78, 5) is 20.0. The zero-order valence-electron chi connectivity index (χ0n) is 16.6. The molecule has 0 bridgehead atoms. The molecule has 0 saturated carbocycles. The molecule has 0 N–H and O–H groups in total. The quantitative estimate of drug-likeness (QED) is 0.409. The zero-order chi connectivity index (χ0) is 20.4. The van der Waals surface area contributed by atoms with Crippen LogP contribution in [0.5, 0.6) is 5.75 Å². The third-order valence-corrected chi connectivity index (χ3v) is 5.70. The molecule has 29 heavy (non-hydrogen) atoms. The molecule has 0 aliphatic carbocycles. The van der Waals surface area contributed by atoms with E-state index in [1.807, 2.05) is 69.3 Å². The first-order chi connectivity index (χ1) is 14.1. The van der Waals surface area contributed by atoms with E-state index in [9.17, 15) is 4.79 Å². The highest BCUT2D eigenvalue weighted by molar-refractivity contribution is 7.22. The number of carbonyl (C=O) groups excluding carboxylic acids is 1. The molecule has 0 radical (unpaired) electrons. The molecule has 2 aromatic carbocycles. The van der Waals surface area contributed by atoms with Gasteiger partial charge in [0.05, 0.1) is 24.1 Å². The van der Waals surface area contributed by atoms with Gasteiger partial charge in [0.2, 0.25) is 0 Å². The molecule has 0 spiro atoms. The Morgan fingerprint density at radius 3 is 2.76 bits per heavy atom. The van der Waals surface area contributed by atoms with Crippen LogP contribution in [0.1, 0.15) is 34.2 Å². The Balaban J connectivity index is 1.79. The number of carbonyl (C=O) groups is 1. The van der Waals surface area contributed by atoms with E-state index in [1.54, 1.807) is 11.2 Å². The second-order valence-electron chi connectivity index (χ2n) is 6.82. The largest absolute Gasteiger partial charge is 0.492 e. The number of anilines is 1. The molecule has 0 aliphatic rings. The van der Waals surface area contributed by atoms with Gasteiger partial charge in [-0.15, -0.1) is 0 Å². The standard InChI is InChI=1S/C23H22N2O3S/c1-4-27-19-8-5-9-20-21(19)24-23(29-20)25(14-17-7-6-12-28-17)22(26)18-11-10-15(2)13-16(18)3/h5-13H,4,14H2,1-3H3. The van der Waals surface area contributed by atoms with Gasteiger partial charge in [0.25, 0.3) is 5.91 Å². The van der Waals surface area contributed by atoms with E-state index in [0.29, 0.717) is 29.6 Å². The first kappa shape index (κ1) is 19.2. The maximum atomic E-state index is 13.5. The maximum absolute atomic E-state index is 13.5. The Bertz CT molecular complexity index is 1150. The van der Waals surface area contributed by atoms with Crippen LogP contribution in [0.4, 0.5) is 5.13 Å². The van der Waals surface area contributed by atoms with Gasteiger partial charge in [-0.05, 0) is 56.7 Å². The van der Waals surface area contributed by atoms with E-state index >= 15 is 0 Å². The molecule has 2 aromatic heterocycles. The molecule has 0 atom stereocenters. The zero-order valence-corrected chi connectivity index (χ0v) is 17.5. The molecule has 0 saturated heterocycles. The predicted octanol–water partition coefficient (Wildman–Crippen LogP) is 5.75. The summed E-state index contributed by atoms with van der Waals surface area (Å²) in [7, 11) is 0. The Kier molecular flexibility index (Phi) is 5.36. The van der Waals surface area contributed by atoms with E-state index in [1.165, 1.54) is 11.3 Å². The Morgan fingerprint density at radius 1 is 1.17 bits per heavy atom. The van der Waals surface area contributed by atoms with Crippen LogP contribution in [-0.4, -0.2) is 17.5 Å². The van der Waals surface area contributed by atoms with Gasteiger partial charge in [-0.1, -0.05) is 35.1 Å². The molecule has 0 fully saturated rings. The molecule has 6 heteroatoms. The summed E-state index contributed by atoms with van der Waals surface area (Å²) in [5.74, 6) is 1.33. The van der Waals surface area contributed by atoms with Crippen molar-refractivity contribution in [3.63, 3.8) is 0 Å². The fourth-order valence-electron chi connectivity index (χ4n) is 3.28. The number of amides is 1. The minimum Gasteiger partial charge on any atom is -0.492 e. The number of hydrogen-bond acceptors (Lipinski definition) is 5. The molecule has 148 valence electrons. The third kappa shape index (κ3) is 3.89. The number of thiazole rings is 1. The summed E-state index contributed by atoms with van der Waals surface area (Å²) in [5.41, 5.74) is 3.49. The van der Waals surface area contributed by atoms with Crippen molar-refractivity contribution in [1.82, 2.24) is 4.98 Å². The van der Waals surface area contributed by atoms with Gasteiger partial charge < -0.3 is 9.15 Å². The minimum absolute atomic E-state index is 0.101. The van der Waals surface area contributed by atoms with Gasteiger partial charge in [0, 0.05) is 5.56 Å². The summed E-state index contributed by atoms with van der Waals surface area (Å²) >= 11 is 1.47. The number of hydrogen-bond donors (Lipinski definition) is 0. The minimum atomic E-state index is -0.101. The van der Waals surface area contributed by atoms with Gasteiger partial charge in [-0.3, -0.25) is 9.69 Å². The van der Waals surface area contributed by atoms with E-state index in [0.717, 1.165) is 27.1 Å². The van der Waals surface area contributed by atoms with E-state index < -0.39 is 0 Å². The second-order valence-corrected chi connectivity index (χ2v) is 7.83. The number of aryl methyl sites for hydroxylation is 2. The SMILES string of the molecule is CCOc1cccc2sc(N(Cc3ccco3)C(=O)c3ccc(C)cc3C)nc12. The summed E-state index contributed by atoms with van der Waals surface area (Å²) < 4.78 is 12.2. The first-order valence-electron chi connectivity index (χ1n) is 9.50. The van der Waals surface area contributed by atoms with Crippen LogP contribution in [0.3, 0.4) is 0 Å². The predicted molar refractivity (Wildman–Crippen MR) is 116 cm³/mol. The van der Waals surface area contributed by atoms with Gasteiger partial charge in [-0.2, -0.15) is 0 Å². The monoisotopic (exact) mass is 406 g/mol. The van der Waals surface area contributed by atoms with Gasteiger partial charge >= 0.3 is 0 Å². The van der Waals surface area contributed by atoms with Crippen LogP contribution in [0, 0.1) is 13.8 Å². The second kappa shape index (κ2) is 8.09. The number of para-hydroxylation sites is 1. The van der Waals surface area contributed by atoms with Crippen molar-refractivity contribution in [1.29, 1.82) is 0 Å². The van der Waals surface area contributed by atoms with Crippen molar-refractivity contribution in [3.8, 4) is 5.75 Å². The topological polar surface area (TPSA) is 55.6 Å². The Labute approximate surface area is 173 Å². The average Bonchev–Trinajstić information content (AvgIpc) is 3.36. The van der Waals surface area contributed by atoms with Crippen LogP contribution in [0.25, 0.3) is 10.2 Å². The average molecular weight is 407 g/mol. The third-order valence-electron chi connectivity index (χ3n) is 4.65. The molecule has 4 rings (SSSR count). The van der Waals surface area contributed by atoms with Gasteiger partial charge in [0.15, 0.2) is 5.13 Å². The number of rotatable bonds is 6. The Morgan fingerprint density at radius 2 is 2.03 bits per heavy atom. The smallest absolute Gasteiger partial charge is 0.260 e. The lowest BCUT2D eigenvalue weighted by atomic mass is 10.0. The maximum Gasteiger partial charge on any atom is 0.260 e. The van der Waals surface area contributed by atoms with Crippen LogP contribution in [-0.2, 0) is 6.54 Å². The van der Waals surface area contributed by atoms with Crippen LogP contribution in [0.2, 0.25) is 0 Å². The lowest BCUT2D eigenvalue weighted by Gasteiger charge is -2.20. The van der Waals surface area contributed by atoms with Crippen molar-refractivity contribution in [2.75, 3.05) is 11.5 Å². The fraction of sp³-hybridized carbons (Fsp3) is 0.217. The summed E-state index contributed by atoms with van der Waals surface area (Å²) in [6, 6.07) is 15.4. The lowest BCUT2D eigenvalue weighted by molar-refractivity contribution is 0.0982. The first-order valence-corrected chi connectivity index (χ1v) is 10.3. The highest BCUT2D eigenvalue weighted by atomic mass is 32.1. The van der Waals surface area contributed by atoms with E-state index in [-0.39, 0.29) is 5.91 Å². The molecule has 2 heterocycles. The summed E-state index contributed by atoms with van der Waals surface area (Å²) in [5, 5.41) is 0.619. The number of aromatic nitrogens is 1. The van der Waals surface area contributed by atoms with Crippen LogP contribution in [0.15, 0.2) is 59.2 Å². The van der Waals surface area contributed by atoms with Crippen LogP contribution < -0.4 is 9.64 Å². The number of furan rings is 1. The number of nitrogens with zero attached hydrogens (tertiary/aromatic N) is 2. The van der Waals surface area contributed by atoms with Crippen molar-refractivity contribution in [2.24, 2.45) is 0 Å². The van der Waals surface area contributed by atoms with Crippen molar-refractivity contribution >= 4 is 32.6 Å². The van der Waals surface area contributed by atoms with Gasteiger partial charge in [-0.25, -0.2) is 4.98 Å². The van der Waals surface area contributed by atoms with Gasteiger partial charge in [0.1, 0.15) is 17.0 Å². The number of fused-ring (bicyclic) bond motifs is 1. The van der Waals surface area contributed by atoms with Crippen LogP contribution >= 0.6 is 11.3 Å². The molecule has 4 aromatic rings. The van der Waals surface area contributed by atoms with Crippen molar-refractivity contribution in [3.05, 3.63) is 77.2 Å². The number of ether oxygens (including phenoxy) is 1. The van der Waals surface area contributed by atoms with Crippen molar-refractivity contribution < 1.29 is 13.9 Å². The molecule has 0 aliphatic heterocycles. The normalized spacial score (nSPS) is 11.0. The molecule has 0 unspecified atom stereocenters. The summed E-state index contributed by atoms with van der Waals surface area (Å²) in [6.45, 7) is 6.78. The Hall–Kier alpha value is -3.12. The highest BCUT2D eigenvalue weighted by Crippen LogP contribution is 2.35. The summed E-state index contributed by atoms with van der Waals surface area (Å²) in [6.07, 6.45) is 1.61.